The largest absolute Gasteiger partial charge is 0.388 e. The van der Waals surface area contributed by atoms with E-state index in [1.807, 2.05) is 20.8 Å². The Morgan fingerprint density at radius 1 is 1.24 bits per heavy atom. The molecule has 3 N–H and O–H groups in total. The molecule has 17 heavy (non-hydrogen) atoms. The number of benzene rings is 1. The van der Waals surface area contributed by atoms with Gasteiger partial charge in [0.05, 0.1) is 6.10 Å². The van der Waals surface area contributed by atoms with Gasteiger partial charge in [-0.2, -0.15) is 0 Å². The Kier molecular flexibility index (Phi) is 6.10. The zero-order valence-corrected chi connectivity index (χ0v) is 11.3. The third-order valence-corrected chi connectivity index (χ3v) is 2.84. The maximum Gasteiger partial charge on any atom is 0.123 e. The summed E-state index contributed by atoms with van der Waals surface area (Å²) in [5.41, 5.74) is 6.65. The number of aliphatic hydroxyl groups is 1. The number of hydrogen-bond donors (Lipinski definition) is 2. The van der Waals surface area contributed by atoms with Crippen molar-refractivity contribution < 1.29 is 9.50 Å². The van der Waals surface area contributed by atoms with Gasteiger partial charge >= 0.3 is 0 Å². The molecule has 0 radical (unpaired) electrons. The quantitative estimate of drug-likeness (QED) is 0.879. The minimum atomic E-state index is -0.630. The van der Waals surface area contributed by atoms with Gasteiger partial charge in [0, 0.05) is 6.04 Å². The second kappa shape index (κ2) is 6.34. The molecule has 2 atom stereocenters. The van der Waals surface area contributed by atoms with Gasteiger partial charge in [-0.25, -0.2) is 4.39 Å². The van der Waals surface area contributed by atoms with Crippen molar-refractivity contribution in [2.45, 2.75) is 39.3 Å². The summed E-state index contributed by atoms with van der Waals surface area (Å²) in [6.45, 7) is 6.11. The van der Waals surface area contributed by atoms with E-state index in [-0.39, 0.29) is 29.7 Å². The molecule has 0 aliphatic carbocycles. The summed E-state index contributed by atoms with van der Waals surface area (Å²) < 4.78 is 12.7. The monoisotopic (exact) mass is 261 g/mol. The summed E-state index contributed by atoms with van der Waals surface area (Å²) >= 11 is 0. The Labute approximate surface area is 108 Å². The average molecular weight is 262 g/mol. The lowest BCUT2D eigenvalue weighted by Gasteiger charge is -2.28. The average Bonchev–Trinajstić information content (AvgIpc) is 2.17. The first-order chi connectivity index (χ1) is 7.30. The normalized spacial score (nSPS) is 14.9. The van der Waals surface area contributed by atoms with Gasteiger partial charge in [-0.15, -0.1) is 12.4 Å². The summed E-state index contributed by atoms with van der Waals surface area (Å²) in [7, 11) is 0. The van der Waals surface area contributed by atoms with Crippen LogP contribution in [-0.4, -0.2) is 11.1 Å². The second-order valence-corrected chi connectivity index (χ2v) is 5.28. The van der Waals surface area contributed by atoms with Crippen molar-refractivity contribution in [2.75, 3.05) is 0 Å². The molecule has 1 aromatic carbocycles. The molecule has 0 saturated heterocycles. The minimum Gasteiger partial charge on any atom is -0.388 e. The maximum atomic E-state index is 12.7. The van der Waals surface area contributed by atoms with E-state index in [2.05, 4.69) is 0 Å². The highest BCUT2D eigenvalue weighted by Crippen LogP contribution is 2.26. The first kappa shape index (κ1) is 16.4. The minimum absolute atomic E-state index is 0. The molecule has 2 nitrogen and oxygen atoms in total. The molecule has 0 aliphatic heterocycles. The van der Waals surface area contributed by atoms with Gasteiger partial charge < -0.3 is 10.8 Å². The van der Waals surface area contributed by atoms with Crippen LogP contribution >= 0.6 is 12.4 Å². The first-order valence-corrected chi connectivity index (χ1v) is 5.50. The Hall–Kier alpha value is -0.640. The van der Waals surface area contributed by atoms with Crippen LogP contribution in [0.3, 0.4) is 0 Å². The lowest BCUT2D eigenvalue weighted by molar-refractivity contribution is 0.133. The molecule has 0 aliphatic rings. The van der Waals surface area contributed by atoms with Crippen molar-refractivity contribution in [3.05, 3.63) is 35.6 Å². The van der Waals surface area contributed by atoms with Crippen molar-refractivity contribution in [3.8, 4) is 0 Å². The molecule has 1 rings (SSSR count). The van der Waals surface area contributed by atoms with E-state index in [9.17, 15) is 9.50 Å². The van der Waals surface area contributed by atoms with Crippen LogP contribution in [0.5, 0.6) is 0 Å². The predicted molar refractivity (Wildman–Crippen MR) is 70.7 cm³/mol. The van der Waals surface area contributed by atoms with Crippen LogP contribution in [0.4, 0.5) is 4.39 Å². The van der Waals surface area contributed by atoms with E-state index < -0.39 is 6.10 Å². The van der Waals surface area contributed by atoms with Gasteiger partial charge in [-0.05, 0) is 29.5 Å². The molecule has 0 spiro atoms. The van der Waals surface area contributed by atoms with Gasteiger partial charge in [0.25, 0.3) is 0 Å². The summed E-state index contributed by atoms with van der Waals surface area (Å²) in [5, 5.41) is 9.94. The van der Waals surface area contributed by atoms with E-state index in [1.54, 1.807) is 12.1 Å². The first-order valence-electron chi connectivity index (χ1n) is 5.50. The number of hydrogen-bond acceptors (Lipinski definition) is 2. The van der Waals surface area contributed by atoms with E-state index in [0.717, 1.165) is 0 Å². The summed E-state index contributed by atoms with van der Waals surface area (Å²) in [6.07, 6.45) is -0.149. The van der Waals surface area contributed by atoms with Gasteiger partial charge in [-0.1, -0.05) is 32.9 Å². The zero-order valence-electron chi connectivity index (χ0n) is 10.5. The van der Waals surface area contributed by atoms with Crippen LogP contribution < -0.4 is 5.73 Å². The van der Waals surface area contributed by atoms with Gasteiger partial charge in [0.1, 0.15) is 5.82 Å². The third-order valence-electron chi connectivity index (χ3n) is 2.84. The van der Waals surface area contributed by atoms with E-state index >= 15 is 0 Å². The lowest BCUT2D eigenvalue weighted by atomic mass is 9.83. The van der Waals surface area contributed by atoms with Crippen molar-refractivity contribution in [2.24, 2.45) is 11.1 Å². The number of aliphatic hydroxyl groups excluding tert-OH is 1. The SMILES string of the molecule is CC(C)(C)[C@@H](N)C[C@H](O)c1ccc(F)cc1.Cl. The molecule has 0 heterocycles. The standard InChI is InChI=1S/C13H20FNO.ClH/c1-13(2,3)12(15)8-11(16)9-4-6-10(14)7-5-9;/h4-7,11-12,16H,8,15H2,1-3H3;1H/t11-,12-;/m0./s1. The molecular formula is C13H21ClFNO. The molecule has 0 aromatic heterocycles. The Morgan fingerprint density at radius 3 is 2.12 bits per heavy atom. The van der Waals surface area contributed by atoms with Gasteiger partial charge in [0.15, 0.2) is 0 Å². The molecular weight excluding hydrogens is 241 g/mol. The van der Waals surface area contributed by atoms with Crippen LogP contribution in [-0.2, 0) is 0 Å². The molecule has 0 fully saturated rings. The Morgan fingerprint density at radius 2 is 1.71 bits per heavy atom. The molecule has 0 bridgehead atoms. The van der Waals surface area contributed by atoms with Crippen LogP contribution in [0.25, 0.3) is 0 Å². The Balaban J connectivity index is 0.00000256. The molecule has 1 aromatic rings. The molecule has 0 amide bonds. The predicted octanol–water partition coefficient (Wildman–Crippen LogP) is 3.04. The van der Waals surface area contributed by atoms with Crippen LogP contribution in [0.1, 0.15) is 38.9 Å². The smallest absolute Gasteiger partial charge is 0.123 e. The fourth-order valence-electron chi connectivity index (χ4n) is 1.42. The summed E-state index contributed by atoms with van der Waals surface area (Å²) in [6, 6.07) is 5.79. The molecule has 98 valence electrons. The van der Waals surface area contributed by atoms with Crippen molar-refractivity contribution in [3.63, 3.8) is 0 Å². The number of nitrogens with two attached hydrogens (primary N) is 1. The third kappa shape index (κ3) is 5.02. The Bertz CT molecular complexity index is 334. The van der Waals surface area contributed by atoms with Crippen molar-refractivity contribution in [1.29, 1.82) is 0 Å². The highest BCUT2D eigenvalue weighted by Gasteiger charge is 2.23. The fourth-order valence-corrected chi connectivity index (χ4v) is 1.42. The summed E-state index contributed by atoms with van der Waals surface area (Å²) in [5.74, 6) is -0.295. The second-order valence-electron chi connectivity index (χ2n) is 5.28. The van der Waals surface area contributed by atoms with Crippen LogP contribution in [0, 0.1) is 11.2 Å². The lowest BCUT2D eigenvalue weighted by Crippen LogP contribution is -2.36. The fraction of sp³-hybridized carbons (Fsp3) is 0.538. The van der Waals surface area contributed by atoms with Crippen molar-refractivity contribution >= 4 is 12.4 Å². The molecule has 0 saturated carbocycles. The molecule has 0 unspecified atom stereocenters. The maximum absolute atomic E-state index is 12.7. The summed E-state index contributed by atoms with van der Waals surface area (Å²) in [4.78, 5) is 0. The number of halogens is 2. The molecule has 4 heteroatoms. The van der Waals surface area contributed by atoms with Crippen molar-refractivity contribution in [1.82, 2.24) is 0 Å². The van der Waals surface area contributed by atoms with Crippen LogP contribution in [0.15, 0.2) is 24.3 Å². The zero-order chi connectivity index (χ0) is 12.3. The van der Waals surface area contributed by atoms with Gasteiger partial charge in [0.2, 0.25) is 0 Å². The highest BCUT2D eigenvalue weighted by molar-refractivity contribution is 5.85. The topological polar surface area (TPSA) is 46.2 Å². The highest BCUT2D eigenvalue weighted by atomic mass is 35.5. The van der Waals surface area contributed by atoms with Crippen LogP contribution in [0.2, 0.25) is 0 Å². The van der Waals surface area contributed by atoms with E-state index in [1.165, 1.54) is 12.1 Å². The number of rotatable bonds is 3. The van der Waals surface area contributed by atoms with E-state index in [0.29, 0.717) is 12.0 Å². The van der Waals surface area contributed by atoms with E-state index in [4.69, 9.17) is 5.73 Å². The van der Waals surface area contributed by atoms with Gasteiger partial charge in [-0.3, -0.25) is 0 Å².